The summed E-state index contributed by atoms with van der Waals surface area (Å²) in [5, 5.41) is 13.3. The Hall–Kier alpha value is -1.49. The normalized spacial score (nSPS) is 14.3. The number of aliphatic hydroxyl groups is 1. The SMILES string of the molecule is CS(=O)c1ccc(CNCC(c2ccccc2)C(C)(C)CO)cc1. The summed E-state index contributed by atoms with van der Waals surface area (Å²) < 4.78 is 11.4. The minimum Gasteiger partial charge on any atom is -0.396 e. The molecule has 0 aliphatic carbocycles. The molecular formula is C20H27NO2S. The predicted octanol–water partition coefficient (Wildman–Crippen LogP) is 3.32. The molecule has 3 nitrogen and oxygen atoms in total. The van der Waals surface area contributed by atoms with Crippen LogP contribution in [0.4, 0.5) is 0 Å². The molecule has 0 amide bonds. The first kappa shape index (κ1) is 18.8. The van der Waals surface area contributed by atoms with Gasteiger partial charge in [0, 0.05) is 47.6 Å². The van der Waals surface area contributed by atoms with Gasteiger partial charge in [-0.1, -0.05) is 56.3 Å². The van der Waals surface area contributed by atoms with Crippen LogP contribution in [-0.4, -0.2) is 28.7 Å². The van der Waals surface area contributed by atoms with E-state index in [2.05, 4.69) is 31.3 Å². The van der Waals surface area contributed by atoms with Gasteiger partial charge in [0.05, 0.1) is 0 Å². The topological polar surface area (TPSA) is 49.3 Å². The summed E-state index contributed by atoms with van der Waals surface area (Å²) in [7, 11) is -0.936. The fourth-order valence-electron chi connectivity index (χ4n) is 2.80. The van der Waals surface area contributed by atoms with Crippen LogP contribution >= 0.6 is 0 Å². The standard InChI is InChI=1S/C20H27NO2S/c1-20(2,15-22)19(17-7-5-4-6-8-17)14-21-13-16-9-11-18(12-10-16)24(3)23/h4-12,19,21-22H,13-15H2,1-3H3. The van der Waals surface area contributed by atoms with Gasteiger partial charge in [-0.15, -0.1) is 0 Å². The van der Waals surface area contributed by atoms with Crippen molar-refractivity contribution in [1.82, 2.24) is 5.32 Å². The van der Waals surface area contributed by atoms with E-state index in [9.17, 15) is 9.32 Å². The van der Waals surface area contributed by atoms with Gasteiger partial charge in [0.25, 0.3) is 0 Å². The second-order valence-electron chi connectivity index (χ2n) is 6.84. The molecular weight excluding hydrogens is 318 g/mol. The van der Waals surface area contributed by atoms with Crippen LogP contribution in [0, 0.1) is 5.41 Å². The quantitative estimate of drug-likeness (QED) is 0.772. The maximum atomic E-state index is 11.4. The molecule has 2 N–H and O–H groups in total. The number of benzene rings is 2. The third kappa shape index (κ3) is 5.00. The van der Waals surface area contributed by atoms with Crippen LogP contribution < -0.4 is 5.32 Å². The molecule has 130 valence electrons. The molecule has 2 rings (SSSR count). The van der Waals surface area contributed by atoms with E-state index in [1.807, 2.05) is 42.5 Å². The predicted molar refractivity (Wildman–Crippen MR) is 101 cm³/mol. The lowest BCUT2D eigenvalue weighted by atomic mass is 9.75. The largest absolute Gasteiger partial charge is 0.396 e. The lowest BCUT2D eigenvalue weighted by molar-refractivity contribution is 0.129. The highest BCUT2D eigenvalue weighted by Crippen LogP contribution is 2.34. The van der Waals surface area contributed by atoms with Crippen molar-refractivity contribution in [2.45, 2.75) is 31.2 Å². The molecule has 0 saturated carbocycles. The van der Waals surface area contributed by atoms with Crippen LogP contribution in [0.3, 0.4) is 0 Å². The lowest BCUT2D eigenvalue weighted by Gasteiger charge is -2.33. The van der Waals surface area contributed by atoms with E-state index in [-0.39, 0.29) is 17.9 Å². The van der Waals surface area contributed by atoms with Gasteiger partial charge in [0.1, 0.15) is 0 Å². The van der Waals surface area contributed by atoms with Crippen LogP contribution in [0.2, 0.25) is 0 Å². The highest BCUT2D eigenvalue weighted by atomic mass is 32.2. The number of hydrogen-bond donors (Lipinski definition) is 2. The average molecular weight is 346 g/mol. The van der Waals surface area contributed by atoms with Gasteiger partial charge < -0.3 is 10.4 Å². The molecule has 0 spiro atoms. The van der Waals surface area contributed by atoms with E-state index in [1.54, 1.807) is 6.26 Å². The molecule has 0 fully saturated rings. The maximum Gasteiger partial charge on any atom is 0.0498 e. The zero-order valence-corrected chi connectivity index (χ0v) is 15.5. The summed E-state index contributed by atoms with van der Waals surface area (Å²) in [4.78, 5) is 0.849. The second kappa shape index (κ2) is 8.56. The molecule has 0 radical (unpaired) electrons. The molecule has 0 aromatic heterocycles. The van der Waals surface area contributed by atoms with Gasteiger partial charge in [-0.3, -0.25) is 4.21 Å². The summed E-state index contributed by atoms with van der Waals surface area (Å²) in [6.45, 7) is 5.88. The molecule has 24 heavy (non-hydrogen) atoms. The Morgan fingerprint density at radius 1 is 1.08 bits per heavy atom. The van der Waals surface area contributed by atoms with Gasteiger partial charge in [-0.05, 0) is 28.7 Å². The fourth-order valence-corrected chi connectivity index (χ4v) is 3.32. The Morgan fingerprint density at radius 2 is 1.71 bits per heavy atom. The number of nitrogens with one attached hydrogen (secondary N) is 1. The summed E-state index contributed by atoms with van der Waals surface area (Å²) in [5.74, 6) is 0.228. The maximum absolute atomic E-state index is 11.4. The average Bonchev–Trinajstić information content (AvgIpc) is 2.59. The van der Waals surface area contributed by atoms with Gasteiger partial charge in [-0.2, -0.15) is 0 Å². The lowest BCUT2D eigenvalue weighted by Crippen LogP contribution is -2.34. The monoisotopic (exact) mass is 345 g/mol. The van der Waals surface area contributed by atoms with Crippen LogP contribution in [0.25, 0.3) is 0 Å². The van der Waals surface area contributed by atoms with Crippen LogP contribution in [0.15, 0.2) is 59.5 Å². The van der Waals surface area contributed by atoms with Gasteiger partial charge >= 0.3 is 0 Å². The molecule has 2 atom stereocenters. The number of aliphatic hydroxyl groups excluding tert-OH is 1. The Labute approximate surface area is 147 Å². The van der Waals surface area contributed by atoms with E-state index in [1.165, 1.54) is 5.56 Å². The number of rotatable bonds is 8. The van der Waals surface area contributed by atoms with Gasteiger partial charge in [0.2, 0.25) is 0 Å². The zero-order chi connectivity index (χ0) is 17.6. The molecule has 2 aromatic carbocycles. The van der Waals surface area contributed by atoms with Crippen molar-refractivity contribution in [3.8, 4) is 0 Å². The fraction of sp³-hybridized carbons (Fsp3) is 0.400. The van der Waals surface area contributed by atoms with Crippen LogP contribution in [0.5, 0.6) is 0 Å². The smallest absolute Gasteiger partial charge is 0.0498 e. The first-order valence-electron chi connectivity index (χ1n) is 8.23. The summed E-state index contributed by atoms with van der Waals surface area (Å²) in [5.41, 5.74) is 2.20. The second-order valence-corrected chi connectivity index (χ2v) is 8.22. The first-order chi connectivity index (χ1) is 11.4. The van der Waals surface area contributed by atoms with Crippen molar-refractivity contribution in [3.63, 3.8) is 0 Å². The van der Waals surface area contributed by atoms with Gasteiger partial charge in [0.15, 0.2) is 0 Å². The van der Waals surface area contributed by atoms with E-state index in [4.69, 9.17) is 0 Å². The van der Waals surface area contributed by atoms with Crippen molar-refractivity contribution in [2.75, 3.05) is 19.4 Å². The van der Waals surface area contributed by atoms with E-state index in [0.717, 1.165) is 23.5 Å². The van der Waals surface area contributed by atoms with Crippen LogP contribution in [0.1, 0.15) is 30.9 Å². The highest BCUT2D eigenvalue weighted by molar-refractivity contribution is 7.84. The summed E-state index contributed by atoms with van der Waals surface area (Å²) in [6, 6.07) is 18.2. The highest BCUT2D eigenvalue weighted by Gasteiger charge is 2.29. The third-order valence-corrected chi connectivity index (χ3v) is 5.42. The number of hydrogen-bond acceptors (Lipinski definition) is 3. The van der Waals surface area contributed by atoms with E-state index >= 15 is 0 Å². The minimum atomic E-state index is -0.936. The molecule has 2 unspecified atom stereocenters. The molecule has 0 aliphatic heterocycles. The molecule has 0 saturated heterocycles. The molecule has 0 bridgehead atoms. The van der Waals surface area contributed by atoms with Crippen molar-refractivity contribution >= 4 is 10.8 Å². The minimum absolute atomic E-state index is 0.144. The zero-order valence-electron chi connectivity index (χ0n) is 14.7. The van der Waals surface area contributed by atoms with Crippen molar-refractivity contribution < 1.29 is 9.32 Å². The first-order valence-corrected chi connectivity index (χ1v) is 9.79. The van der Waals surface area contributed by atoms with Crippen molar-refractivity contribution in [2.24, 2.45) is 5.41 Å². The molecule has 2 aromatic rings. The Balaban J connectivity index is 2.02. The Kier molecular flexibility index (Phi) is 6.72. The third-order valence-electron chi connectivity index (χ3n) is 4.49. The summed E-state index contributed by atoms with van der Waals surface area (Å²) >= 11 is 0. The van der Waals surface area contributed by atoms with Crippen molar-refractivity contribution in [1.29, 1.82) is 0 Å². The molecule has 4 heteroatoms. The Bertz CT molecular complexity index is 653. The molecule has 0 heterocycles. The van der Waals surface area contributed by atoms with E-state index in [0.29, 0.717) is 0 Å². The molecule has 0 aliphatic rings. The van der Waals surface area contributed by atoms with Crippen LogP contribution in [-0.2, 0) is 17.3 Å². The Morgan fingerprint density at radius 3 is 2.25 bits per heavy atom. The summed E-state index contributed by atoms with van der Waals surface area (Å²) in [6.07, 6.45) is 1.69. The van der Waals surface area contributed by atoms with Gasteiger partial charge in [-0.25, -0.2) is 0 Å². The van der Waals surface area contributed by atoms with Crippen molar-refractivity contribution in [3.05, 3.63) is 65.7 Å². The van der Waals surface area contributed by atoms with E-state index < -0.39 is 10.8 Å².